The van der Waals surface area contributed by atoms with Gasteiger partial charge in [0.15, 0.2) is 0 Å². The van der Waals surface area contributed by atoms with Gasteiger partial charge in [0.1, 0.15) is 0 Å². The summed E-state index contributed by atoms with van der Waals surface area (Å²) in [5.41, 5.74) is 0.337. The molecule has 24 heavy (non-hydrogen) atoms. The second kappa shape index (κ2) is 11.3. The number of hydrogen-bond donors (Lipinski definition) is 2. The van der Waals surface area contributed by atoms with E-state index in [0.29, 0.717) is 5.56 Å². The van der Waals surface area contributed by atoms with Crippen molar-refractivity contribution >= 4 is 11.9 Å². The van der Waals surface area contributed by atoms with Crippen LogP contribution in [0.5, 0.6) is 0 Å². The van der Waals surface area contributed by atoms with Crippen LogP contribution in [0.4, 0.5) is 0 Å². The van der Waals surface area contributed by atoms with Gasteiger partial charge in [-0.25, -0.2) is 9.59 Å². The van der Waals surface area contributed by atoms with Crippen molar-refractivity contribution in [2.75, 3.05) is 0 Å². The normalized spacial score (nSPS) is 10.0. The second-order valence-electron chi connectivity index (χ2n) is 5.94. The molecule has 0 aromatic heterocycles. The van der Waals surface area contributed by atoms with Crippen LogP contribution in [0.1, 0.15) is 91.0 Å². The molecule has 0 fully saturated rings. The lowest BCUT2D eigenvalue weighted by Crippen LogP contribution is -2.03. The van der Waals surface area contributed by atoms with Crippen molar-refractivity contribution in [3.05, 3.63) is 34.9 Å². The monoisotopic (exact) mass is 330 g/mol. The molecule has 2 N–H and O–H groups in total. The smallest absolute Gasteiger partial charge is 0.335 e. The quantitative estimate of drug-likeness (QED) is 0.469. The van der Waals surface area contributed by atoms with Crippen molar-refractivity contribution in [1.29, 1.82) is 0 Å². The Kier molecular flexibility index (Phi) is 9.29. The van der Waals surface area contributed by atoms with Gasteiger partial charge in [0.05, 0.1) is 11.1 Å². The fourth-order valence-corrected chi connectivity index (χ4v) is 2.46. The number of unbranched alkanes of at least 4 members (excludes halogenated alkanes) is 8. The number of benzene rings is 1. The minimum Gasteiger partial charge on any atom is -0.478 e. The lowest BCUT2D eigenvalue weighted by Gasteiger charge is -2.00. The molecule has 0 unspecified atom stereocenters. The summed E-state index contributed by atoms with van der Waals surface area (Å²) < 4.78 is 0. The van der Waals surface area contributed by atoms with Crippen molar-refractivity contribution in [3.63, 3.8) is 0 Å². The average Bonchev–Trinajstić information content (AvgIpc) is 2.56. The Labute approximate surface area is 143 Å². The van der Waals surface area contributed by atoms with Crippen molar-refractivity contribution in [1.82, 2.24) is 0 Å². The minimum atomic E-state index is -1.15. The van der Waals surface area contributed by atoms with Crippen LogP contribution in [0.25, 0.3) is 0 Å². The number of rotatable bonds is 10. The molecule has 1 aromatic carbocycles. The molecule has 0 heterocycles. The number of carboxylic acids is 2. The highest BCUT2D eigenvalue weighted by atomic mass is 16.4. The van der Waals surface area contributed by atoms with E-state index in [2.05, 4.69) is 18.8 Å². The first-order chi connectivity index (χ1) is 11.5. The van der Waals surface area contributed by atoms with Gasteiger partial charge in [-0.15, -0.1) is 0 Å². The lowest BCUT2D eigenvalue weighted by atomic mass is 10.1. The second-order valence-corrected chi connectivity index (χ2v) is 5.94. The zero-order valence-corrected chi connectivity index (χ0v) is 14.3. The number of hydrogen-bond acceptors (Lipinski definition) is 2. The third-order valence-electron chi connectivity index (χ3n) is 3.81. The van der Waals surface area contributed by atoms with Gasteiger partial charge >= 0.3 is 11.9 Å². The van der Waals surface area contributed by atoms with Gasteiger partial charge in [-0.05, 0) is 24.6 Å². The highest BCUT2D eigenvalue weighted by molar-refractivity contribution is 5.94. The predicted octanol–water partition coefficient (Wildman–Crippen LogP) is 4.97. The molecule has 0 atom stereocenters. The molecule has 130 valence electrons. The summed E-state index contributed by atoms with van der Waals surface area (Å²) in [6, 6.07) is 3.97. The largest absolute Gasteiger partial charge is 0.478 e. The minimum absolute atomic E-state index is 0.0497. The van der Waals surface area contributed by atoms with Crippen molar-refractivity contribution in [2.24, 2.45) is 0 Å². The van der Waals surface area contributed by atoms with E-state index in [4.69, 9.17) is 10.2 Å². The van der Waals surface area contributed by atoms with Crippen molar-refractivity contribution in [3.8, 4) is 11.8 Å². The topological polar surface area (TPSA) is 74.6 Å². The lowest BCUT2D eigenvalue weighted by molar-refractivity contribution is 0.0696. The summed E-state index contributed by atoms with van der Waals surface area (Å²) >= 11 is 0. The van der Waals surface area contributed by atoms with E-state index in [1.807, 2.05) is 0 Å². The van der Waals surface area contributed by atoms with Crippen LogP contribution in [0, 0.1) is 11.8 Å². The first-order valence-corrected chi connectivity index (χ1v) is 8.65. The van der Waals surface area contributed by atoms with Gasteiger partial charge in [-0.2, -0.15) is 0 Å². The molecule has 4 nitrogen and oxygen atoms in total. The Morgan fingerprint density at radius 1 is 0.833 bits per heavy atom. The molecular formula is C20H26O4. The molecule has 0 bridgehead atoms. The maximum absolute atomic E-state index is 11.0. The van der Waals surface area contributed by atoms with Crippen LogP contribution in [0.15, 0.2) is 18.2 Å². The Bertz CT molecular complexity index is 576. The van der Waals surface area contributed by atoms with E-state index in [-0.39, 0.29) is 11.1 Å². The molecule has 0 aliphatic carbocycles. The number of carboxylic acid groups (broad SMARTS) is 2. The Morgan fingerprint density at radius 3 is 1.83 bits per heavy atom. The summed E-state index contributed by atoms with van der Waals surface area (Å²) in [7, 11) is 0. The van der Waals surface area contributed by atoms with E-state index in [0.717, 1.165) is 25.3 Å². The summed E-state index contributed by atoms with van der Waals surface area (Å²) in [6.45, 7) is 2.21. The van der Waals surface area contributed by atoms with Gasteiger partial charge in [-0.1, -0.05) is 63.7 Å². The molecule has 0 amide bonds. The molecule has 1 aromatic rings. The van der Waals surface area contributed by atoms with Crippen LogP contribution >= 0.6 is 0 Å². The highest BCUT2D eigenvalue weighted by Crippen LogP contribution is 2.11. The van der Waals surface area contributed by atoms with Gasteiger partial charge in [0.25, 0.3) is 0 Å². The van der Waals surface area contributed by atoms with E-state index in [1.165, 1.54) is 50.7 Å². The van der Waals surface area contributed by atoms with E-state index >= 15 is 0 Å². The van der Waals surface area contributed by atoms with Crippen LogP contribution in [0.3, 0.4) is 0 Å². The molecule has 0 radical (unpaired) electrons. The Morgan fingerprint density at radius 2 is 1.33 bits per heavy atom. The van der Waals surface area contributed by atoms with Gasteiger partial charge < -0.3 is 10.2 Å². The Balaban J connectivity index is 2.43. The van der Waals surface area contributed by atoms with E-state index < -0.39 is 11.9 Å². The highest BCUT2D eigenvalue weighted by Gasteiger charge is 2.10. The van der Waals surface area contributed by atoms with Gasteiger partial charge in [0.2, 0.25) is 0 Å². The number of carbonyl (C=O) groups is 2. The zero-order valence-electron chi connectivity index (χ0n) is 14.3. The maximum atomic E-state index is 11.0. The van der Waals surface area contributed by atoms with Crippen molar-refractivity contribution in [2.45, 2.75) is 64.7 Å². The molecule has 0 saturated carbocycles. The molecule has 0 aliphatic rings. The molecule has 1 rings (SSSR count). The fraction of sp³-hybridized carbons (Fsp3) is 0.500. The molecule has 0 spiro atoms. The van der Waals surface area contributed by atoms with E-state index in [1.54, 1.807) is 0 Å². The fourth-order valence-electron chi connectivity index (χ4n) is 2.46. The van der Waals surface area contributed by atoms with Gasteiger partial charge in [0, 0.05) is 12.0 Å². The number of aromatic carboxylic acids is 2. The Hall–Kier alpha value is -2.28. The molecule has 0 aliphatic heterocycles. The molecule has 4 heteroatoms. The molecular weight excluding hydrogens is 304 g/mol. The molecule has 0 saturated heterocycles. The van der Waals surface area contributed by atoms with Crippen LogP contribution in [-0.2, 0) is 0 Å². The first-order valence-electron chi connectivity index (χ1n) is 8.65. The summed E-state index contributed by atoms with van der Waals surface area (Å²) in [6.07, 6.45) is 10.6. The average molecular weight is 330 g/mol. The van der Waals surface area contributed by atoms with E-state index in [9.17, 15) is 9.59 Å². The summed E-state index contributed by atoms with van der Waals surface area (Å²) in [5.74, 6) is 3.59. The summed E-state index contributed by atoms with van der Waals surface area (Å²) in [4.78, 5) is 22.1. The first kappa shape index (κ1) is 19.8. The SMILES string of the molecule is CCCCCCCCCCC#Cc1cc(C(=O)O)cc(C(=O)O)c1. The zero-order chi connectivity index (χ0) is 17.8. The third-order valence-corrected chi connectivity index (χ3v) is 3.81. The van der Waals surface area contributed by atoms with Crippen LogP contribution in [0.2, 0.25) is 0 Å². The predicted molar refractivity (Wildman–Crippen MR) is 94.5 cm³/mol. The standard InChI is InChI=1S/C20H26O4/c1-2-3-4-5-6-7-8-9-10-11-12-16-13-17(19(21)22)15-18(14-16)20(23)24/h13-15H,2-10H2,1H3,(H,21,22)(H,23,24). The van der Waals surface area contributed by atoms with Crippen LogP contribution in [-0.4, -0.2) is 22.2 Å². The van der Waals surface area contributed by atoms with Crippen LogP contribution < -0.4 is 0 Å². The van der Waals surface area contributed by atoms with Crippen molar-refractivity contribution < 1.29 is 19.8 Å². The maximum Gasteiger partial charge on any atom is 0.335 e. The third kappa shape index (κ3) is 7.82. The van der Waals surface area contributed by atoms with Gasteiger partial charge in [-0.3, -0.25) is 0 Å². The summed E-state index contributed by atoms with van der Waals surface area (Å²) in [5, 5.41) is 18.0.